The number of ether oxygens (including phenoxy) is 2. The summed E-state index contributed by atoms with van der Waals surface area (Å²) in [5.74, 6) is -20.6. The van der Waals surface area contributed by atoms with Gasteiger partial charge in [-0.15, -0.1) is 0 Å². The highest BCUT2D eigenvalue weighted by atomic mass is 19.4. The molecule has 0 aromatic carbocycles. The maximum Gasteiger partial charge on any atom is 0.381 e. The molecule has 190 valence electrons. The van der Waals surface area contributed by atoms with Crippen molar-refractivity contribution in [3.8, 4) is 0 Å². The molecule has 0 saturated heterocycles. The van der Waals surface area contributed by atoms with E-state index in [2.05, 4.69) is 11.7 Å². The molecule has 4 nitrogen and oxygen atoms in total. The van der Waals surface area contributed by atoms with Crippen LogP contribution < -0.4 is 0 Å². The summed E-state index contributed by atoms with van der Waals surface area (Å²) in [6.07, 6.45) is 2.18. The molecule has 12 heteroatoms. The Bertz CT molecular complexity index is 556. The predicted octanol–water partition coefficient (Wildman–Crippen LogP) is 6.55. The van der Waals surface area contributed by atoms with E-state index >= 15 is 0 Å². The van der Waals surface area contributed by atoms with Crippen LogP contribution >= 0.6 is 0 Å². The van der Waals surface area contributed by atoms with Gasteiger partial charge >= 0.3 is 36.1 Å². The Hall–Kier alpha value is -1.62. The monoisotopic (exact) mass is 486 g/mol. The fraction of sp³-hybridized carbons (Fsp3) is 0.900. The Morgan fingerprint density at radius 1 is 0.719 bits per heavy atom. The minimum Gasteiger partial charge on any atom is -0.466 e. The molecule has 0 aliphatic rings. The number of esters is 2. The second-order valence-electron chi connectivity index (χ2n) is 7.41. The van der Waals surface area contributed by atoms with Crippen molar-refractivity contribution in [1.82, 2.24) is 0 Å². The number of carbonyl (C=O) groups is 2. The summed E-state index contributed by atoms with van der Waals surface area (Å²) in [5, 5.41) is 0. The number of hydrogen-bond donors (Lipinski definition) is 0. The van der Waals surface area contributed by atoms with E-state index in [9.17, 15) is 44.7 Å². The SMILES string of the molecule is CCCCCCCCCCOC(=O)CCCC(=O)OCC(F)(F)C(F)(F)C(F)(F)C(F)F. The summed E-state index contributed by atoms with van der Waals surface area (Å²) in [6, 6.07) is 0. The molecule has 0 radical (unpaired) electrons. The van der Waals surface area contributed by atoms with E-state index in [1.807, 2.05) is 0 Å². The molecule has 0 saturated carbocycles. The van der Waals surface area contributed by atoms with Crippen LogP contribution in [-0.4, -0.2) is 49.3 Å². The Morgan fingerprint density at radius 2 is 1.19 bits per heavy atom. The van der Waals surface area contributed by atoms with Crippen LogP contribution in [0.15, 0.2) is 0 Å². The highest BCUT2D eigenvalue weighted by Gasteiger charge is 2.75. The molecule has 0 aliphatic carbocycles. The molecule has 0 aromatic heterocycles. The fourth-order valence-corrected chi connectivity index (χ4v) is 2.59. The van der Waals surface area contributed by atoms with Gasteiger partial charge in [0.15, 0.2) is 6.61 Å². The van der Waals surface area contributed by atoms with Crippen LogP contribution in [0.3, 0.4) is 0 Å². The third-order valence-corrected chi connectivity index (χ3v) is 4.59. The van der Waals surface area contributed by atoms with E-state index in [0.29, 0.717) is 6.42 Å². The van der Waals surface area contributed by atoms with Crippen LogP contribution in [0.1, 0.15) is 77.6 Å². The quantitative estimate of drug-likeness (QED) is 0.125. The van der Waals surface area contributed by atoms with Crippen molar-refractivity contribution in [3.05, 3.63) is 0 Å². The van der Waals surface area contributed by atoms with Crippen molar-refractivity contribution >= 4 is 11.9 Å². The first-order valence-electron chi connectivity index (χ1n) is 10.5. The van der Waals surface area contributed by atoms with E-state index in [4.69, 9.17) is 4.74 Å². The molecule has 0 spiro atoms. The van der Waals surface area contributed by atoms with Crippen LogP contribution in [0.25, 0.3) is 0 Å². The van der Waals surface area contributed by atoms with Crippen LogP contribution in [-0.2, 0) is 19.1 Å². The topological polar surface area (TPSA) is 52.6 Å². The minimum atomic E-state index is -6.44. The second kappa shape index (κ2) is 14.5. The van der Waals surface area contributed by atoms with E-state index in [1.54, 1.807) is 0 Å². The van der Waals surface area contributed by atoms with E-state index in [1.165, 1.54) is 12.8 Å². The Balaban J connectivity index is 4.04. The zero-order chi connectivity index (χ0) is 24.8. The first-order chi connectivity index (χ1) is 14.8. The number of unbranched alkanes of at least 4 members (excludes halogenated alkanes) is 7. The van der Waals surface area contributed by atoms with Crippen molar-refractivity contribution in [1.29, 1.82) is 0 Å². The third kappa shape index (κ3) is 10.3. The average Bonchev–Trinajstić information content (AvgIpc) is 2.70. The van der Waals surface area contributed by atoms with Gasteiger partial charge in [0.1, 0.15) is 0 Å². The molecule has 0 aliphatic heterocycles. The number of hydrogen-bond acceptors (Lipinski definition) is 4. The predicted molar refractivity (Wildman–Crippen MR) is 99.2 cm³/mol. The Morgan fingerprint density at radius 3 is 1.69 bits per heavy atom. The first kappa shape index (κ1) is 30.4. The van der Waals surface area contributed by atoms with E-state index in [-0.39, 0.29) is 19.4 Å². The number of carbonyl (C=O) groups excluding carboxylic acids is 2. The standard InChI is InChI=1S/C20H30F8O4/c1-2-3-4-5-6-7-8-9-13-31-15(29)11-10-12-16(30)32-14-18(23,24)20(27,28)19(25,26)17(21)22/h17H,2-14H2,1H3. The number of halogens is 8. The van der Waals surface area contributed by atoms with Gasteiger partial charge in [-0.25, -0.2) is 8.78 Å². The van der Waals surface area contributed by atoms with Crippen LogP contribution in [0, 0.1) is 0 Å². The lowest BCUT2D eigenvalue weighted by Gasteiger charge is -2.31. The molecule has 32 heavy (non-hydrogen) atoms. The maximum absolute atomic E-state index is 13.3. The highest BCUT2D eigenvalue weighted by Crippen LogP contribution is 2.48. The number of rotatable bonds is 18. The molecule has 0 fully saturated rings. The van der Waals surface area contributed by atoms with Gasteiger partial charge in [-0.2, -0.15) is 26.3 Å². The Labute approximate surface area is 182 Å². The van der Waals surface area contributed by atoms with Crippen LogP contribution in [0.2, 0.25) is 0 Å². The zero-order valence-electron chi connectivity index (χ0n) is 17.9. The lowest BCUT2D eigenvalue weighted by atomic mass is 10.1. The van der Waals surface area contributed by atoms with Crippen molar-refractivity contribution in [2.24, 2.45) is 0 Å². The van der Waals surface area contributed by atoms with Crippen molar-refractivity contribution < 1.29 is 54.2 Å². The second-order valence-corrected chi connectivity index (χ2v) is 7.41. The Kier molecular flexibility index (Phi) is 13.8. The van der Waals surface area contributed by atoms with Gasteiger partial charge in [-0.05, 0) is 12.8 Å². The number of alkyl halides is 8. The van der Waals surface area contributed by atoms with Gasteiger partial charge < -0.3 is 9.47 Å². The van der Waals surface area contributed by atoms with Crippen molar-refractivity contribution in [2.45, 2.75) is 102 Å². The molecule has 0 atom stereocenters. The molecule has 0 aromatic rings. The average molecular weight is 486 g/mol. The third-order valence-electron chi connectivity index (χ3n) is 4.59. The summed E-state index contributed by atoms with van der Waals surface area (Å²) in [5.41, 5.74) is 0. The van der Waals surface area contributed by atoms with Gasteiger partial charge in [0.05, 0.1) is 6.61 Å². The normalized spacial score (nSPS) is 12.8. The molecule has 0 heterocycles. The highest BCUT2D eigenvalue weighted by molar-refractivity contribution is 5.72. The van der Waals surface area contributed by atoms with Crippen LogP contribution in [0.5, 0.6) is 0 Å². The summed E-state index contributed by atoms with van der Waals surface area (Å²) in [4.78, 5) is 22.8. The molecule has 0 unspecified atom stereocenters. The minimum absolute atomic E-state index is 0.178. The smallest absolute Gasteiger partial charge is 0.381 e. The van der Waals surface area contributed by atoms with Crippen molar-refractivity contribution in [3.63, 3.8) is 0 Å². The lowest BCUT2D eigenvalue weighted by Crippen LogP contribution is -2.59. The fourth-order valence-electron chi connectivity index (χ4n) is 2.59. The first-order valence-corrected chi connectivity index (χ1v) is 10.5. The van der Waals surface area contributed by atoms with Gasteiger partial charge in [0.25, 0.3) is 0 Å². The van der Waals surface area contributed by atoms with Crippen molar-refractivity contribution in [2.75, 3.05) is 13.2 Å². The summed E-state index contributed by atoms with van der Waals surface area (Å²) < 4.78 is 111. The molecule has 0 N–H and O–H groups in total. The van der Waals surface area contributed by atoms with E-state index in [0.717, 1.165) is 32.1 Å². The molecular weight excluding hydrogens is 456 g/mol. The molecule has 0 rings (SSSR count). The summed E-state index contributed by atoms with van der Waals surface area (Å²) in [6.45, 7) is -0.206. The van der Waals surface area contributed by atoms with Gasteiger partial charge in [0, 0.05) is 12.8 Å². The maximum atomic E-state index is 13.3. The van der Waals surface area contributed by atoms with Gasteiger partial charge in [-0.1, -0.05) is 51.9 Å². The lowest BCUT2D eigenvalue weighted by molar-refractivity contribution is -0.344. The summed E-state index contributed by atoms with van der Waals surface area (Å²) >= 11 is 0. The van der Waals surface area contributed by atoms with Gasteiger partial charge in [0.2, 0.25) is 0 Å². The summed E-state index contributed by atoms with van der Waals surface area (Å²) in [7, 11) is 0. The molecule has 0 amide bonds. The van der Waals surface area contributed by atoms with Gasteiger partial charge in [-0.3, -0.25) is 9.59 Å². The zero-order valence-corrected chi connectivity index (χ0v) is 17.9. The molecular formula is C20H30F8O4. The van der Waals surface area contributed by atoms with Crippen LogP contribution in [0.4, 0.5) is 35.1 Å². The molecule has 0 bridgehead atoms. The van der Waals surface area contributed by atoms with E-state index < -0.39 is 49.2 Å². The largest absolute Gasteiger partial charge is 0.466 e.